The number of aliphatic hydroxyl groups is 1. The maximum Gasteiger partial charge on any atom is 0.187 e. The van der Waals surface area contributed by atoms with Gasteiger partial charge in [0.2, 0.25) is 0 Å². The first-order valence-electron chi connectivity index (χ1n) is 5.59. The van der Waals surface area contributed by atoms with E-state index in [0.717, 1.165) is 6.42 Å². The van der Waals surface area contributed by atoms with Crippen LogP contribution in [0.1, 0.15) is 19.3 Å². The Morgan fingerprint density at radius 3 is 2.72 bits per heavy atom. The molecule has 1 fully saturated rings. The van der Waals surface area contributed by atoms with Crippen LogP contribution in [0.15, 0.2) is 10.5 Å². The van der Waals surface area contributed by atoms with Crippen molar-refractivity contribution in [1.29, 1.82) is 0 Å². The van der Waals surface area contributed by atoms with E-state index in [1.807, 2.05) is 0 Å². The monoisotopic (exact) mass is 317 g/mol. The number of nitrogens with zero attached hydrogens (tertiary/aromatic N) is 3. The number of benzene rings is 1. The maximum absolute atomic E-state index is 13.9. The van der Waals surface area contributed by atoms with Crippen LogP contribution in [0.2, 0.25) is 0 Å². The van der Waals surface area contributed by atoms with Crippen molar-refractivity contribution in [2.75, 3.05) is 0 Å². The number of aromatic nitrogens is 3. The molecule has 1 aromatic carbocycles. The van der Waals surface area contributed by atoms with Crippen LogP contribution < -0.4 is 0 Å². The molecule has 0 spiro atoms. The molecule has 4 nitrogen and oxygen atoms in total. The van der Waals surface area contributed by atoms with E-state index in [9.17, 15) is 13.9 Å². The lowest BCUT2D eigenvalue weighted by molar-refractivity contribution is -0.0493. The van der Waals surface area contributed by atoms with Crippen LogP contribution >= 0.6 is 15.9 Å². The Kier molecular flexibility index (Phi) is 2.63. The third kappa shape index (κ3) is 1.73. The Morgan fingerprint density at radius 2 is 2.11 bits per heavy atom. The third-order valence-corrected chi connectivity index (χ3v) is 3.94. The number of fused-ring (bicyclic) bond motifs is 1. The Hall–Kier alpha value is -1.08. The van der Waals surface area contributed by atoms with Gasteiger partial charge in [-0.1, -0.05) is 5.21 Å². The second-order valence-corrected chi connectivity index (χ2v) is 5.53. The minimum absolute atomic E-state index is 0.00368. The summed E-state index contributed by atoms with van der Waals surface area (Å²) in [5.74, 6) is -1.96. The summed E-state index contributed by atoms with van der Waals surface area (Å²) in [6, 6.07) is 1.38. The van der Waals surface area contributed by atoms with Gasteiger partial charge in [0, 0.05) is 0 Å². The molecule has 1 aliphatic carbocycles. The molecule has 0 saturated heterocycles. The van der Waals surface area contributed by atoms with Crippen molar-refractivity contribution in [3.63, 3.8) is 0 Å². The van der Waals surface area contributed by atoms with E-state index >= 15 is 0 Å². The summed E-state index contributed by atoms with van der Waals surface area (Å²) in [4.78, 5) is 0. The Bertz CT molecular complexity index is 624. The first-order chi connectivity index (χ1) is 8.50. The van der Waals surface area contributed by atoms with Crippen molar-refractivity contribution < 1.29 is 13.9 Å². The van der Waals surface area contributed by atoms with Crippen molar-refractivity contribution in [3.8, 4) is 0 Å². The van der Waals surface area contributed by atoms with Gasteiger partial charge in [-0.3, -0.25) is 0 Å². The highest BCUT2D eigenvalue weighted by atomic mass is 79.9. The van der Waals surface area contributed by atoms with Crippen LogP contribution in [0.25, 0.3) is 11.0 Å². The highest BCUT2D eigenvalue weighted by Crippen LogP contribution is 2.34. The van der Waals surface area contributed by atoms with Gasteiger partial charge in [-0.2, -0.15) is 0 Å². The van der Waals surface area contributed by atoms with Crippen molar-refractivity contribution in [2.24, 2.45) is 0 Å². The molecule has 1 aromatic heterocycles. The lowest BCUT2D eigenvalue weighted by atomic mass is 9.80. The molecule has 18 heavy (non-hydrogen) atoms. The number of hydrogen-bond donors (Lipinski definition) is 1. The van der Waals surface area contributed by atoms with E-state index in [-0.39, 0.29) is 22.1 Å². The maximum atomic E-state index is 13.9. The van der Waals surface area contributed by atoms with E-state index < -0.39 is 17.2 Å². The van der Waals surface area contributed by atoms with E-state index in [1.54, 1.807) is 0 Å². The van der Waals surface area contributed by atoms with Crippen LogP contribution in [0.4, 0.5) is 8.78 Å². The minimum Gasteiger partial charge on any atom is -0.388 e. The van der Waals surface area contributed by atoms with E-state index in [2.05, 4.69) is 26.2 Å². The minimum atomic E-state index is -0.993. The van der Waals surface area contributed by atoms with Crippen molar-refractivity contribution in [3.05, 3.63) is 22.2 Å². The topological polar surface area (TPSA) is 50.9 Å². The molecule has 0 unspecified atom stereocenters. The third-order valence-electron chi connectivity index (χ3n) is 3.36. The van der Waals surface area contributed by atoms with Gasteiger partial charge < -0.3 is 5.11 Å². The van der Waals surface area contributed by atoms with Gasteiger partial charge in [0.05, 0.1) is 16.6 Å². The quantitative estimate of drug-likeness (QED) is 0.865. The molecule has 0 amide bonds. The molecule has 0 aliphatic heterocycles. The molecule has 1 saturated carbocycles. The average molecular weight is 318 g/mol. The predicted octanol–water partition coefficient (Wildman–Crippen LogP) is 2.39. The molecule has 2 aromatic rings. The van der Waals surface area contributed by atoms with Crippen LogP contribution in [-0.2, 0) is 6.54 Å². The summed E-state index contributed by atoms with van der Waals surface area (Å²) >= 11 is 2.92. The SMILES string of the molecule is OC1(Cn2nnc3cc(Br)c(F)c(F)c32)CCC1. The van der Waals surface area contributed by atoms with Gasteiger partial charge in [-0.05, 0) is 41.3 Å². The van der Waals surface area contributed by atoms with Crippen LogP contribution in [0.5, 0.6) is 0 Å². The summed E-state index contributed by atoms with van der Waals surface area (Å²) in [6.45, 7) is 0.140. The zero-order valence-corrected chi connectivity index (χ0v) is 10.9. The van der Waals surface area contributed by atoms with Crippen LogP contribution in [-0.4, -0.2) is 25.7 Å². The van der Waals surface area contributed by atoms with E-state index in [0.29, 0.717) is 12.8 Å². The van der Waals surface area contributed by atoms with Gasteiger partial charge in [-0.15, -0.1) is 5.10 Å². The Balaban J connectivity index is 2.10. The second-order valence-electron chi connectivity index (χ2n) is 4.68. The molecule has 0 atom stereocenters. The summed E-state index contributed by atoms with van der Waals surface area (Å²) < 4.78 is 28.6. The molecule has 1 aliphatic rings. The molecule has 7 heteroatoms. The molecule has 0 bridgehead atoms. The highest BCUT2D eigenvalue weighted by Gasteiger charge is 2.36. The smallest absolute Gasteiger partial charge is 0.187 e. The number of rotatable bonds is 2. The zero-order chi connectivity index (χ0) is 12.9. The fourth-order valence-corrected chi connectivity index (χ4v) is 2.56. The molecular formula is C11H10BrF2N3O. The molecule has 1 N–H and O–H groups in total. The summed E-state index contributed by atoms with van der Waals surface area (Å²) in [7, 11) is 0. The van der Waals surface area contributed by atoms with Crippen LogP contribution in [0.3, 0.4) is 0 Å². The fourth-order valence-electron chi connectivity index (χ4n) is 2.17. The summed E-state index contributed by atoms with van der Waals surface area (Å²) in [5.41, 5.74) is -0.601. The van der Waals surface area contributed by atoms with Crippen molar-refractivity contribution >= 4 is 27.0 Å². The first-order valence-corrected chi connectivity index (χ1v) is 6.39. The average Bonchev–Trinajstić information content (AvgIpc) is 2.67. The lowest BCUT2D eigenvalue weighted by Gasteiger charge is -2.36. The van der Waals surface area contributed by atoms with Gasteiger partial charge in [0.25, 0.3) is 0 Å². The van der Waals surface area contributed by atoms with Crippen molar-refractivity contribution in [2.45, 2.75) is 31.4 Å². The van der Waals surface area contributed by atoms with Gasteiger partial charge in [0.1, 0.15) is 11.0 Å². The van der Waals surface area contributed by atoms with E-state index in [1.165, 1.54) is 10.7 Å². The first kappa shape index (κ1) is 12.0. The van der Waals surface area contributed by atoms with Gasteiger partial charge in [-0.25, -0.2) is 13.5 Å². The normalized spacial score (nSPS) is 18.0. The molecule has 1 heterocycles. The highest BCUT2D eigenvalue weighted by molar-refractivity contribution is 9.10. The standard InChI is InChI=1S/C11H10BrF2N3O/c12-6-4-7-10(9(14)8(6)13)17(16-15-7)5-11(18)2-1-3-11/h4,18H,1-3,5H2. The summed E-state index contributed by atoms with van der Waals surface area (Å²) in [5, 5.41) is 17.6. The lowest BCUT2D eigenvalue weighted by Crippen LogP contribution is -2.41. The van der Waals surface area contributed by atoms with E-state index in [4.69, 9.17) is 0 Å². The second kappa shape index (κ2) is 3.96. The fraction of sp³-hybridized carbons (Fsp3) is 0.455. The predicted molar refractivity (Wildman–Crippen MR) is 63.9 cm³/mol. The van der Waals surface area contributed by atoms with Gasteiger partial charge in [0.15, 0.2) is 11.6 Å². The number of hydrogen-bond acceptors (Lipinski definition) is 3. The van der Waals surface area contributed by atoms with Crippen molar-refractivity contribution in [1.82, 2.24) is 15.0 Å². The number of halogens is 3. The summed E-state index contributed by atoms with van der Waals surface area (Å²) in [6.07, 6.45) is 2.23. The molecule has 96 valence electrons. The molecular weight excluding hydrogens is 308 g/mol. The molecule has 0 radical (unpaired) electrons. The Morgan fingerprint density at radius 1 is 1.39 bits per heavy atom. The zero-order valence-electron chi connectivity index (χ0n) is 9.33. The largest absolute Gasteiger partial charge is 0.388 e. The molecule has 3 rings (SSSR count). The Labute approximate surface area is 110 Å². The van der Waals surface area contributed by atoms with Crippen LogP contribution in [0, 0.1) is 11.6 Å². The van der Waals surface area contributed by atoms with Gasteiger partial charge >= 0.3 is 0 Å².